The molecule has 4 rings (SSSR count). The molecule has 3 aromatic rings. The van der Waals surface area contributed by atoms with Crippen molar-refractivity contribution in [2.24, 2.45) is 0 Å². The van der Waals surface area contributed by atoms with Gasteiger partial charge in [0.15, 0.2) is 12.4 Å². The molecule has 0 spiro atoms. The lowest BCUT2D eigenvalue weighted by Crippen LogP contribution is -2.35. The number of amides is 1. The van der Waals surface area contributed by atoms with E-state index < -0.39 is 18.6 Å². The topological polar surface area (TPSA) is 81.9 Å². The van der Waals surface area contributed by atoms with Gasteiger partial charge in [-0.3, -0.25) is 9.48 Å². The van der Waals surface area contributed by atoms with Gasteiger partial charge in [0.1, 0.15) is 23.0 Å². The first kappa shape index (κ1) is 18.8. The zero-order valence-electron chi connectivity index (χ0n) is 14.7. The van der Waals surface area contributed by atoms with Crippen LogP contribution in [0.3, 0.4) is 0 Å². The Morgan fingerprint density at radius 1 is 1.21 bits per heavy atom. The van der Waals surface area contributed by atoms with E-state index in [1.165, 1.54) is 35.1 Å². The lowest BCUT2D eigenvalue weighted by molar-refractivity contribution is -0.153. The number of halogens is 4. The maximum atomic E-state index is 14.4. The first-order valence-corrected chi connectivity index (χ1v) is 8.50. The number of benzene rings is 1. The summed E-state index contributed by atoms with van der Waals surface area (Å²) in [4.78, 5) is 20.1. The first-order chi connectivity index (χ1) is 13.8. The maximum Gasteiger partial charge on any atom is 0.422 e. The van der Waals surface area contributed by atoms with E-state index in [1.807, 2.05) is 0 Å². The summed E-state index contributed by atoms with van der Waals surface area (Å²) >= 11 is 0. The summed E-state index contributed by atoms with van der Waals surface area (Å²) in [5, 5.41) is 7.00. The second kappa shape index (κ2) is 7.15. The number of carbonyl (C=O) groups excluding carboxylic acids is 1. The van der Waals surface area contributed by atoms with E-state index >= 15 is 0 Å². The minimum atomic E-state index is -4.58. The quantitative estimate of drug-likeness (QED) is 0.673. The minimum Gasteiger partial charge on any atom is -0.483 e. The largest absolute Gasteiger partial charge is 0.483 e. The zero-order chi connectivity index (χ0) is 20.6. The highest BCUT2D eigenvalue weighted by Crippen LogP contribution is 2.32. The molecule has 1 aromatic carbocycles. The van der Waals surface area contributed by atoms with E-state index in [0.29, 0.717) is 24.5 Å². The molecule has 0 bridgehead atoms. The van der Waals surface area contributed by atoms with Crippen molar-refractivity contribution in [1.29, 1.82) is 0 Å². The fourth-order valence-electron chi connectivity index (χ4n) is 2.88. The Morgan fingerprint density at radius 2 is 2.03 bits per heavy atom. The van der Waals surface area contributed by atoms with Gasteiger partial charge in [0.2, 0.25) is 0 Å². The van der Waals surface area contributed by atoms with E-state index in [1.54, 1.807) is 0 Å². The number of hydrogen-bond acceptors (Lipinski definition) is 5. The molecule has 1 aliphatic rings. The molecule has 1 aliphatic heterocycles. The highest BCUT2D eigenvalue weighted by Gasteiger charge is 2.29. The van der Waals surface area contributed by atoms with Gasteiger partial charge in [-0.2, -0.15) is 18.3 Å². The predicted molar refractivity (Wildman–Crippen MR) is 92.5 cm³/mol. The number of rotatable bonds is 4. The second-order valence-electron chi connectivity index (χ2n) is 6.18. The number of nitrogens with one attached hydrogen (secondary N) is 1. The van der Waals surface area contributed by atoms with Crippen molar-refractivity contribution in [3.8, 4) is 28.5 Å². The Bertz CT molecular complexity index is 1080. The van der Waals surface area contributed by atoms with E-state index in [4.69, 9.17) is 4.74 Å². The van der Waals surface area contributed by atoms with Crippen LogP contribution in [-0.2, 0) is 6.54 Å². The summed E-state index contributed by atoms with van der Waals surface area (Å²) in [6, 6.07) is 6.55. The Hall–Kier alpha value is -3.50. The Kier molecular flexibility index (Phi) is 4.65. The predicted octanol–water partition coefficient (Wildman–Crippen LogP) is 2.83. The van der Waals surface area contributed by atoms with Crippen molar-refractivity contribution >= 4 is 5.91 Å². The monoisotopic (exact) mass is 407 g/mol. The van der Waals surface area contributed by atoms with Crippen molar-refractivity contribution in [3.05, 3.63) is 48.0 Å². The summed E-state index contributed by atoms with van der Waals surface area (Å²) in [5.74, 6) is -1.59. The molecular weight excluding hydrogens is 394 g/mol. The number of carbonyl (C=O) groups is 1. The van der Waals surface area contributed by atoms with Gasteiger partial charge in [-0.05, 0) is 24.3 Å². The third-order valence-corrected chi connectivity index (χ3v) is 4.13. The molecule has 0 atom stereocenters. The average Bonchev–Trinajstić information content (AvgIpc) is 3.12. The molecule has 0 radical (unpaired) electrons. The third-order valence-electron chi connectivity index (χ3n) is 4.13. The molecular formula is C18H13F4N5O2. The standard InChI is InChI=1S/C18H13F4N5O2/c19-10-2-1-3-14(29-9-18(20,21)22)15(10)16-23-5-4-11(25-16)12-8-13-17(28)24-6-7-27(13)26-12/h1-5,8H,6-7,9H2,(H,24,28). The number of hydrogen-bond donors (Lipinski definition) is 1. The Labute approximate surface area is 161 Å². The number of ether oxygens (including phenoxy) is 1. The second-order valence-corrected chi connectivity index (χ2v) is 6.18. The lowest BCUT2D eigenvalue weighted by Gasteiger charge is -2.13. The number of fused-ring (bicyclic) bond motifs is 1. The van der Waals surface area contributed by atoms with Crippen LogP contribution < -0.4 is 10.1 Å². The molecule has 0 fully saturated rings. The van der Waals surface area contributed by atoms with Gasteiger partial charge < -0.3 is 10.1 Å². The smallest absolute Gasteiger partial charge is 0.422 e. The van der Waals surface area contributed by atoms with Gasteiger partial charge in [0.25, 0.3) is 5.91 Å². The average molecular weight is 407 g/mol. The molecule has 29 heavy (non-hydrogen) atoms. The van der Waals surface area contributed by atoms with E-state index in [2.05, 4.69) is 20.4 Å². The summed E-state index contributed by atoms with van der Waals surface area (Å²) < 4.78 is 58.2. The molecule has 3 heterocycles. The van der Waals surface area contributed by atoms with Gasteiger partial charge in [-0.1, -0.05) is 6.07 Å². The molecule has 2 aromatic heterocycles. The molecule has 0 unspecified atom stereocenters. The maximum absolute atomic E-state index is 14.4. The van der Waals surface area contributed by atoms with E-state index in [-0.39, 0.29) is 28.7 Å². The van der Waals surface area contributed by atoms with Crippen LogP contribution in [0.1, 0.15) is 10.5 Å². The van der Waals surface area contributed by atoms with Crippen molar-refractivity contribution in [2.75, 3.05) is 13.2 Å². The van der Waals surface area contributed by atoms with Crippen LogP contribution >= 0.6 is 0 Å². The van der Waals surface area contributed by atoms with Crippen LogP contribution in [0.4, 0.5) is 17.6 Å². The Balaban J connectivity index is 1.72. The van der Waals surface area contributed by atoms with Crippen LogP contribution in [0.25, 0.3) is 22.8 Å². The molecule has 0 saturated heterocycles. The van der Waals surface area contributed by atoms with Crippen LogP contribution in [-0.4, -0.2) is 45.0 Å². The van der Waals surface area contributed by atoms with Gasteiger partial charge in [-0.15, -0.1) is 0 Å². The highest BCUT2D eigenvalue weighted by atomic mass is 19.4. The normalized spacial score (nSPS) is 13.7. The summed E-state index contributed by atoms with van der Waals surface area (Å²) in [7, 11) is 0. The molecule has 1 amide bonds. The van der Waals surface area contributed by atoms with Crippen molar-refractivity contribution in [3.63, 3.8) is 0 Å². The number of nitrogens with zero attached hydrogens (tertiary/aromatic N) is 4. The van der Waals surface area contributed by atoms with Crippen LogP contribution in [0.2, 0.25) is 0 Å². The van der Waals surface area contributed by atoms with Crippen LogP contribution in [0.15, 0.2) is 36.5 Å². The lowest BCUT2D eigenvalue weighted by atomic mass is 10.1. The van der Waals surface area contributed by atoms with Gasteiger partial charge in [0.05, 0.1) is 17.8 Å². The van der Waals surface area contributed by atoms with Crippen LogP contribution in [0, 0.1) is 5.82 Å². The molecule has 7 nitrogen and oxygen atoms in total. The number of alkyl halides is 3. The third kappa shape index (κ3) is 3.89. The van der Waals surface area contributed by atoms with Crippen molar-refractivity contribution in [2.45, 2.75) is 12.7 Å². The van der Waals surface area contributed by atoms with Crippen molar-refractivity contribution in [1.82, 2.24) is 25.1 Å². The van der Waals surface area contributed by atoms with Crippen LogP contribution in [0.5, 0.6) is 5.75 Å². The zero-order valence-corrected chi connectivity index (χ0v) is 14.7. The summed E-state index contributed by atoms with van der Waals surface area (Å²) in [6.07, 6.45) is -3.25. The fourth-order valence-corrected chi connectivity index (χ4v) is 2.88. The molecule has 11 heteroatoms. The fraction of sp³-hybridized carbons (Fsp3) is 0.222. The minimum absolute atomic E-state index is 0.159. The highest BCUT2D eigenvalue weighted by molar-refractivity contribution is 5.94. The Morgan fingerprint density at radius 3 is 2.79 bits per heavy atom. The van der Waals surface area contributed by atoms with E-state index in [0.717, 1.165) is 6.07 Å². The SMILES string of the molecule is O=C1NCCn2nc(-c3ccnc(-c4c(F)cccc4OCC(F)(F)F)n3)cc21. The molecule has 0 saturated carbocycles. The molecule has 0 aliphatic carbocycles. The molecule has 150 valence electrons. The van der Waals surface area contributed by atoms with Gasteiger partial charge >= 0.3 is 6.18 Å². The summed E-state index contributed by atoms with van der Waals surface area (Å²) in [5.41, 5.74) is 0.705. The van der Waals surface area contributed by atoms with Gasteiger partial charge in [-0.25, -0.2) is 14.4 Å². The number of aromatic nitrogens is 4. The summed E-state index contributed by atoms with van der Waals surface area (Å²) in [6.45, 7) is -0.648. The van der Waals surface area contributed by atoms with E-state index in [9.17, 15) is 22.4 Å². The molecule has 1 N–H and O–H groups in total. The van der Waals surface area contributed by atoms with Crippen molar-refractivity contribution < 1.29 is 27.1 Å². The first-order valence-electron chi connectivity index (χ1n) is 8.50. The van der Waals surface area contributed by atoms with Gasteiger partial charge in [0, 0.05) is 12.7 Å².